The highest BCUT2D eigenvalue weighted by molar-refractivity contribution is 9.10. The number of likely N-dealkylation sites (N-methyl/N-ethyl adjacent to an activating group) is 1. The number of benzene rings is 1. The Balaban J connectivity index is 2.13. The summed E-state index contributed by atoms with van der Waals surface area (Å²) in [5.41, 5.74) is 1.01. The summed E-state index contributed by atoms with van der Waals surface area (Å²) in [6.45, 7) is 1.34. The Hall–Kier alpha value is -1.11. The Labute approximate surface area is 126 Å². The molecular formula is C14H18BrNO4. The van der Waals surface area contributed by atoms with Crippen molar-refractivity contribution in [1.82, 2.24) is 4.90 Å². The van der Waals surface area contributed by atoms with E-state index in [1.165, 1.54) is 0 Å². The molecule has 1 heterocycles. The largest absolute Gasteiger partial charge is 0.496 e. The van der Waals surface area contributed by atoms with Crippen molar-refractivity contribution in [3.05, 3.63) is 28.2 Å². The van der Waals surface area contributed by atoms with Crippen LogP contribution in [0.2, 0.25) is 0 Å². The van der Waals surface area contributed by atoms with Crippen LogP contribution in [0.3, 0.4) is 0 Å². The van der Waals surface area contributed by atoms with Crippen LogP contribution < -0.4 is 4.74 Å². The number of ether oxygens (including phenoxy) is 2. The molecule has 1 aromatic rings. The molecule has 5 nitrogen and oxygen atoms in total. The number of hydrogen-bond acceptors (Lipinski definition) is 4. The summed E-state index contributed by atoms with van der Waals surface area (Å²) in [6, 6.07) is 5.69. The van der Waals surface area contributed by atoms with Crippen LogP contribution in [-0.4, -0.2) is 49.4 Å². The van der Waals surface area contributed by atoms with Gasteiger partial charge in [-0.3, -0.25) is 9.69 Å². The van der Waals surface area contributed by atoms with Gasteiger partial charge in [-0.2, -0.15) is 0 Å². The second-order valence-electron chi connectivity index (χ2n) is 4.92. The maximum Gasteiger partial charge on any atom is 0.310 e. The molecule has 2 rings (SSSR count). The van der Waals surface area contributed by atoms with E-state index in [9.17, 15) is 9.90 Å². The second-order valence-corrected chi connectivity index (χ2v) is 5.84. The van der Waals surface area contributed by atoms with Crippen LogP contribution in [0.5, 0.6) is 5.75 Å². The van der Waals surface area contributed by atoms with E-state index in [-0.39, 0.29) is 12.6 Å². The molecule has 0 bridgehead atoms. The molecule has 0 spiro atoms. The van der Waals surface area contributed by atoms with Gasteiger partial charge in [-0.1, -0.05) is 15.9 Å². The highest BCUT2D eigenvalue weighted by Crippen LogP contribution is 2.27. The molecule has 0 aromatic heterocycles. The normalized spacial score (nSPS) is 22.2. The number of methoxy groups -OCH3 is 1. The van der Waals surface area contributed by atoms with E-state index in [1.807, 2.05) is 30.1 Å². The lowest BCUT2D eigenvalue weighted by Crippen LogP contribution is -2.40. The van der Waals surface area contributed by atoms with Crippen LogP contribution in [0, 0.1) is 5.92 Å². The summed E-state index contributed by atoms with van der Waals surface area (Å²) in [5.74, 6) is -0.482. The van der Waals surface area contributed by atoms with E-state index in [2.05, 4.69) is 15.9 Å². The molecule has 1 fully saturated rings. The van der Waals surface area contributed by atoms with Gasteiger partial charge in [0, 0.05) is 22.6 Å². The fraction of sp³-hybridized carbons (Fsp3) is 0.500. The Morgan fingerprint density at radius 1 is 1.55 bits per heavy atom. The van der Waals surface area contributed by atoms with E-state index in [1.54, 1.807) is 7.11 Å². The number of rotatable bonds is 5. The first kappa shape index (κ1) is 15.3. The van der Waals surface area contributed by atoms with Crippen molar-refractivity contribution in [2.45, 2.75) is 12.6 Å². The topological polar surface area (TPSA) is 59.0 Å². The fourth-order valence-corrected chi connectivity index (χ4v) is 2.88. The van der Waals surface area contributed by atoms with Crippen LogP contribution in [0.4, 0.5) is 0 Å². The van der Waals surface area contributed by atoms with Crippen LogP contribution in [0.15, 0.2) is 22.7 Å². The first-order valence-corrected chi connectivity index (χ1v) is 7.15. The van der Waals surface area contributed by atoms with Gasteiger partial charge >= 0.3 is 5.97 Å². The molecule has 0 radical (unpaired) electrons. The maximum atomic E-state index is 11.2. The van der Waals surface area contributed by atoms with Crippen molar-refractivity contribution in [2.75, 3.05) is 27.4 Å². The van der Waals surface area contributed by atoms with Gasteiger partial charge in [-0.05, 0) is 25.2 Å². The van der Waals surface area contributed by atoms with Crippen LogP contribution in [0.25, 0.3) is 0 Å². The van der Waals surface area contributed by atoms with Gasteiger partial charge in [0.1, 0.15) is 5.75 Å². The summed E-state index contributed by atoms with van der Waals surface area (Å²) in [4.78, 5) is 13.2. The maximum absolute atomic E-state index is 11.2. The Bertz CT molecular complexity index is 494. The predicted molar refractivity (Wildman–Crippen MR) is 77.9 cm³/mol. The number of carbonyl (C=O) groups is 1. The molecule has 1 aliphatic rings. The number of carboxylic acid groups (broad SMARTS) is 1. The molecule has 0 aliphatic carbocycles. The quantitative estimate of drug-likeness (QED) is 0.885. The fourth-order valence-electron chi connectivity index (χ4n) is 2.47. The van der Waals surface area contributed by atoms with Gasteiger partial charge in [0.05, 0.1) is 26.2 Å². The average molecular weight is 344 g/mol. The zero-order valence-electron chi connectivity index (χ0n) is 11.5. The smallest absolute Gasteiger partial charge is 0.310 e. The third-order valence-electron chi connectivity index (χ3n) is 3.60. The van der Waals surface area contributed by atoms with E-state index in [0.29, 0.717) is 13.2 Å². The lowest BCUT2D eigenvalue weighted by atomic mass is 10.0. The molecule has 0 saturated carbocycles. The summed E-state index contributed by atoms with van der Waals surface area (Å²) in [7, 11) is 3.54. The molecule has 0 amide bonds. The monoisotopic (exact) mass is 343 g/mol. The molecule has 1 N–H and O–H groups in total. The summed E-state index contributed by atoms with van der Waals surface area (Å²) < 4.78 is 11.6. The van der Waals surface area contributed by atoms with Gasteiger partial charge < -0.3 is 14.6 Å². The van der Waals surface area contributed by atoms with Crippen molar-refractivity contribution < 1.29 is 19.4 Å². The minimum Gasteiger partial charge on any atom is -0.496 e. The third kappa shape index (κ3) is 3.31. The molecule has 6 heteroatoms. The third-order valence-corrected chi connectivity index (χ3v) is 4.09. The zero-order chi connectivity index (χ0) is 14.7. The van der Waals surface area contributed by atoms with Crippen LogP contribution in [0.1, 0.15) is 5.56 Å². The molecule has 1 aromatic carbocycles. The zero-order valence-corrected chi connectivity index (χ0v) is 13.1. The second kappa shape index (κ2) is 6.56. The van der Waals surface area contributed by atoms with Crippen molar-refractivity contribution in [3.8, 4) is 5.75 Å². The highest BCUT2D eigenvalue weighted by atomic mass is 79.9. The molecule has 1 saturated heterocycles. The molecular weight excluding hydrogens is 326 g/mol. The van der Waals surface area contributed by atoms with E-state index in [4.69, 9.17) is 9.47 Å². The number of hydrogen-bond donors (Lipinski definition) is 1. The number of aliphatic carboxylic acids is 1. The van der Waals surface area contributed by atoms with Gasteiger partial charge in [0.2, 0.25) is 0 Å². The summed E-state index contributed by atoms with van der Waals surface area (Å²) in [6.07, 6.45) is 0. The first-order valence-electron chi connectivity index (χ1n) is 6.36. The minimum absolute atomic E-state index is 0.115. The number of nitrogens with zero attached hydrogens (tertiary/aromatic N) is 1. The van der Waals surface area contributed by atoms with Gasteiger partial charge in [-0.25, -0.2) is 0 Å². The van der Waals surface area contributed by atoms with Gasteiger partial charge in [0.25, 0.3) is 0 Å². The molecule has 2 atom stereocenters. The van der Waals surface area contributed by atoms with Crippen molar-refractivity contribution in [3.63, 3.8) is 0 Å². The molecule has 110 valence electrons. The Morgan fingerprint density at radius 3 is 2.95 bits per heavy atom. The summed E-state index contributed by atoms with van der Waals surface area (Å²) in [5, 5.41) is 9.20. The molecule has 20 heavy (non-hydrogen) atoms. The van der Waals surface area contributed by atoms with Crippen LogP contribution in [-0.2, 0) is 16.1 Å². The van der Waals surface area contributed by atoms with Crippen molar-refractivity contribution in [1.29, 1.82) is 0 Å². The lowest BCUT2D eigenvalue weighted by Gasteiger charge is -2.26. The molecule has 2 unspecified atom stereocenters. The number of carboxylic acids is 1. The average Bonchev–Trinajstić information content (AvgIpc) is 2.88. The SMILES string of the molecule is COc1ccc(Br)cc1CN(C)C1COCC1C(=O)O. The predicted octanol–water partition coefficient (Wildman–Crippen LogP) is 1.99. The molecule has 1 aliphatic heterocycles. The van der Waals surface area contributed by atoms with Crippen molar-refractivity contribution >= 4 is 21.9 Å². The van der Waals surface area contributed by atoms with E-state index in [0.717, 1.165) is 15.8 Å². The van der Waals surface area contributed by atoms with Gasteiger partial charge in [0.15, 0.2) is 0 Å². The van der Waals surface area contributed by atoms with E-state index < -0.39 is 11.9 Å². The van der Waals surface area contributed by atoms with E-state index >= 15 is 0 Å². The lowest BCUT2D eigenvalue weighted by molar-refractivity contribution is -0.143. The standard InChI is InChI=1S/C14H18BrNO4/c1-16(12-8-20-7-11(12)14(17)18)6-9-5-10(15)3-4-13(9)19-2/h3-5,11-12H,6-8H2,1-2H3,(H,17,18). The first-order chi connectivity index (χ1) is 9.52. The summed E-state index contributed by atoms with van der Waals surface area (Å²) >= 11 is 3.44. The number of halogens is 1. The Morgan fingerprint density at radius 2 is 2.30 bits per heavy atom. The van der Waals surface area contributed by atoms with Gasteiger partial charge in [-0.15, -0.1) is 0 Å². The van der Waals surface area contributed by atoms with Crippen LogP contribution >= 0.6 is 15.9 Å². The highest BCUT2D eigenvalue weighted by Gasteiger charge is 2.36. The Kier molecular flexibility index (Phi) is 5.01. The van der Waals surface area contributed by atoms with Crippen molar-refractivity contribution in [2.24, 2.45) is 5.92 Å². The minimum atomic E-state index is -0.805.